The van der Waals surface area contributed by atoms with Crippen molar-refractivity contribution in [2.45, 2.75) is 76.5 Å². The third-order valence-electron chi connectivity index (χ3n) is 9.80. The molecule has 0 spiro atoms. The van der Waals surface area contributed by atoms with Crippen LogP contribution in [0.15, 0.2) is 22.9 Å². The molecule has 4 aliphatic rings. The van der Waals surface area contributed by atoms with Crippen LogP contribution in [-0.2, 0) is 22.4 Å². The number of ether oxygens (including phenoxy) is 1. The zero-order valence-electron chi connectivity index (χ0n) is 25.4. The Labute approximate surface area is 268 Å². The molecule has 4 amide bonds. The van der Waals surface area contributed by atoms with Gasteiger partial charge in [-0.3, -0.25) is 4.79 Å². The normalized spacial score (nSPS) is 21.1. The van der Waals surface area contributed by atoms with Crippen LogP contribution in [0, 0.1) is 6.92 Å². The van der Waals surface area contributed by atoms with E-state index in [2.05, 4.69) is 15.6 Å². The Morgan fingerprint density at radius 2 is 1.68 bits per heavy atom. The van der Waals surface area contributed by atoms with E-state index in [9.17, 15) is 14.4 Å². The molecule has 1 aromatic heterocycles. The number of rotatable bonds is 6. The number of benzene rings is 1. The molecule has 10 nitrogen and oxygen atoms in total. The van der Waals surface area contributed by atoms with Crippen molar-refractivity contribution in [3.63, 3.8) is 0 Å². The number of anilines is 2. The van der Waals surface area contributed by atoms with Gasteiger partial charge in [0.25, 0.3) is 5.91 Å². The minimum absolute atomic E-state index is 0.0426. The van der Waals surface area contributed by atoms with Crippen molar-refractivity contribution in [1.82, 2.24) is 19.6 Å². The summed E-state index contributed by atoms with van der Waals surface area (Å²) >= 11 is 7.98. The van der Waals surface area contributed by atoms with E-state index in [-0.39, 0.29) is 24.4 Å². The second-order valence-electron chi connectivity index (χ2n) is 12.6. The number of amides is 4. The lowest BCUT2D eigenvalue weighted by molar-refractivity contribution is -0.142. The number of carbonyl (C=O) groups is 3. The molecule has 1 atom stereocenters. The second-order valence-corrected chi connectivity index (χ2v) is 13.7. The van der Waals surface area contributed by atoms with E-state index in [1.807, 2.05) is 28.2 Å². The fraction of sp³-hybridized carbons (Fsp3) is 0.594. The zero-order chi connectivity index (χ0) is 30.8. The van der Waals surface area contributed by atoms with Crippen LogP contribution >= 0.6 is 22.9 Å². The predicted molar refractivity (Wildman–Crippen MR) is 173 cm³/mol. The average molecular weight is 643 g/mol. The second kappa shape index (κ2) is 13.5. The number of hydrogen-bond acceptors (Lipinski definition) is 7. The minimum atomic E-state index is -0.960. The third kappa shape index (κ3) is 6.79. The molecule has 0 bridgehead atoms. The van der Waals surface area contributed by atoms with Crippen molar-refractivity contribution in [2.24, 2.45) is 0 Å². The summed E-state index contributed by atoms with van der Waals surface area (Å²) in [4.78, 5) is 48.3. The van der Waals surface area contributed by atoms with Gasteiger partial charge in [0, 0.05) is 56.6 Å². The van der Waals surface area contributed by atoms with E-state index in [0.29, 0.717) is 62.3 Å². The number of carbonyl (C=O) groups excluding carboxylic acids is 3. The molecule has 3 N–H and O–H groups in total. The highest BCUT2D eigenvalue weighted by molar-refractivity contribution is 7.08. The average Bonchev–Trinajstić information content (AvgIpc) is 3.70. The monoisotopic (exact) mass is 642 g/mol. The topological polar surface area (TPSA) is 111 Å². The summed E-state index contributed by atoms with van der Waals surface area (Å²) in [5, 5.41) is 7.53. The Morgan fingerprint density at radius 1 is 1.00 bits per heavy atom. The van der Waals surface area contributed by atoms with Gasteiger partial charge >= 0.3 is 12.1 Å². The van der Waals surface area contributed by atoms with Gasteiger partial charge in [0.05, 0.1) is 16.4 Å². The zero-order valence-corrected chi connectivity index (χ0v) is 27.0. The van der Waals surface area contributed by atoms with E-state index in [1.165, 1.54) is 18.4 Å². The molecule has 4 aliphatic heterocycles. The van der Waals surface area contributed by atoms with Gasteiger partial charge in [0.1, 0.15) is 0 Å². The van der Waals surface area contributed by atoms with Crippen molar-refractivity contribution in [1.29, 1.82) is 0 Å². The van der Waals surface area contributed by atoms with Gasteiger partial charge in [0.15, 0.2) is 6.10 Å². The number of hydrogen-bond donors (Lipinski definition) is 2. The highest BCUT2D eigenvalue weighted by atomic mass is 35.5. The summed E-state index contributed by atoms with van der Waals surface area (Å²) in [6, 6.07) is 4.14. The minimum Gasteiger partial charge on any atom is -0.436 e. The highest BCUT2D eigenvalue weighted by Crippen LogP contribution is 2.29. The quantitative estimate of drug-likeness (QED) is 0.430. The smallest absolute Gasteiger partial charge is 0.410 e. The Bertz CT molecular complexity index is 1340. The Kier molecular flexibility index (Phi) is 9.53. The predicted octanol–water partition coefficient (Wildman–Crippen LogP) is 4.98. The molecule has 0 aliphatic carbocycles. The van der Waals surface area contributed by atoms with Gasteiger partial charge in [-0.25, -0.2) is 9.59 Å². The van der Waals surface area contributed by atoms with Crippen LogP contribution in [0.5, 0.6) is 0 Å². The maximum atomic E-state index is 13.9. The summed E-state index contributed by atoms with van der Waals surface area (Å²) in [6.45, 7) is 7.06. The number of nitrogens with two attached hydrogens (primary N) is 1. The van der Waals surface area contributed by atoms with Crippen LogP contribution in [-0.4, -0.2) is 102 Å². The van der Waals surface area contributed by atoms with Crippen molar-refractivity contribution in [3.8, 4) is 0 Å². The number of nitrogens with zero attached hydrogens (tertiary/aromatic N) is 4. The van der Waals surface area contributed by atoms with Gasteiger partial charge in [0.2, 0.25) is 0 Å². The number of piperidine rings is 2. The maximum absolute atomic E-state index is 13.9. The molecule has 0 radical (unpaired) electrons. The molecule has 1 aromatic carbocycles. The highest BCUT2D eigenvalue weighted by Gasteiger charge is 2.36. The molecular formula is C32H43ClN6O4S. The number of halogens is 1. The van der Waals surface area contributed by atoms with Gasteiger partial charge < -0.3 is 35.4 Å². The molecule has 3 fully saturated rings. The first-order valence-corrected chi connectivity index (χ1v) is 17.2. The first kappa shape index (κ1) is 31.0. The lowest BCUT2D eigenvalue weighted by Crippen LogP contribution is -2.52. The van der Waals surface area contributed by atoms with E-state index >= 15 is 0 Å². The number of nitrogens with one attached hydrogen (secondary N) is 1. The molecule has 44 heavy (non-hydrogen) atoms. The fourth-order valence-corrected chi connectivity index (χ4v) is 8.27. The van der Waals surface area contributed by atoms with Crippen LogP contribution in [0.25, 0.3) is 0 Å². The fourth-order valence-electron chi connectivity index (χ4n) is 7.16. The molecule has 5 heterocycles. The van der Waals surface area contributed by atoms with Gasteiger partial charge in [-0.05, 0) is 93.1 Å². The Hall–Kier alpha value is -3.02. The number of likely N-dealkylation sites (tertiary alicyclic amines) is 3. The van der Waals surface area contributed by atoms with Crippen molar-refractivity contribution in [3.05, 3.63) is 44.6 Å². The van der Waals surface area contributed by atoms with Crippen LogP contribution < -0.4 is 11.1 Å². The summed E-state index contributed by atoms with van der Waals surface area (Å²) < 4.78 is 6.02. The molecule has 0 unspecified atom stereocenters. The van der Waals surface area contributed by atoms with Crippen LogP contribution in [0.1, 0.15) is 55.2 Å². The molecule has 2 aromatic rings. The lowest BCUT2D eigenvalue weighted by Gasteiger charge is -2.39. The molecule has 0 saturated carbocycles. The third-order valence-corrected chi connectivity index (χ3v) is 10.9. The SMILES string of the molecule is Cc1cc(C[C@@H](OC(=O)N2CCC(N3CCc4cscc4NC3=O)CC2)C(=O)N2CCC(N3CCCC3)CC2)cc(Cl)c1N. The summed E-state index contributed by atoms with van der Waals surface area (Å²) in [6.07, 6.45) is 5.27. The molecule has 3 saturated heterocycles. The lowest BCUT2D eigenvalue weighted by atomic mass is 10.0. The number of nitrogen functional groups attached to an aromatic ring is 1. The Balaban J connectivity index is 1.09. The van der Waals surface area contributed by atoms with Gasteiger partial charge in [-0.1, -0.05) is 17.7 Å². The molecule has 238 valence electrons. The summed E-state index contributed by atoms with van der Waals surface area (Å²) in [5.41, 5.74) is 10.3. The maximum Gasteiger partial charge on any atom is 0.410 e. The van der Waals surface area contributed by atoms with Crippen molar-refractivity contribution in [2.75, 3.05) is 56.9 Å². The number of urea groups is 1. The van der Waals surface area contributed by atoms with E-state index < -0.39 is 12.2 Å². The van der Waals surface area contributed by atoms with Crippen LogP contribution in [0.3, 0.4) is 0 Å². The van der Waals surface area contributed by atoms with Crippen LogP contribution in [0.2, 0.25) is 5.02 Å². The first-order chi connectivity index (χ1) is 21.3. The Morgan fingerprint density at radius 3 is 2.39 bits per heavy atom. The number of aryl methyl sites for hydroxylation is 1. The van der Waals surface area contributed by atoms with E-state index in [1.54, 1.807) is 22.3 Å². The standard InChI is InChI=1S/C32H43ClN6O4S/c1-21-16-22(17-26(33)29(21)34)18-28(30(40)37-11-5-24(6-12-37)36-9-2-3-10-36)43-32(42)38-13-7-25(8-14-38)39-15-4-23-19-44-20-27(23)35-31(39)41/h16-17,19-20,24-25,28H,2-15,18,34H2,1H3,(H,35,41)/t28-/m1/s1. The van der Waals surface area contributed by atoms with Gasteiger partial charge in [-0.2, -0.15) is 0 Å². The largest absolute Gasteiger partial charge is 0.436 e. The van der Waals surface area contributed by atoms with Gasteiger partial charge in [-0.15, -0.1) is 11.3 Å². The number of fused-ring (bicyclic) bond motifs is 1. The van der Waals surface area contributed by atoms with Crippen molar-refractivity contribution < 1.29 is 19.1 Å². The molecular weight excluding hydrogens is 600 g/mol. The number of thiophene rings is 1. The summed E-state index contributed by atoms with van der Waals surface area (Å²) in [5.74, 6) is -0.160. The molecule has 12 heteroatoms. The van der Waals surface area contributed by atoms with E-state index in [4.69, 9.17) is 22.1 Å². The van der Waals surface area contributed by atoms with Crippen LogP contribution in [0.4, 0.5) is 21.0 Å². The molecule has 6 rings (SSSR count). The van der Waals surface area contributed by atoms with E-state index in [0.717, 1.165) is 49.2 Å². The summed E-state index contributed by atoms with van der Waals surface area (Å²) in [7, 11) is 0. The first-order valence-electron chi connectivity index (χ1n) is 15.9. The van der Waals surface area contributed by atoms with Crippen molar-refractivity contribution >= 4 is 52.3 Å².